The van der Waals surface area contributed by atoms with Crippen molar-refractivity contribution in [3.63, 3.8) is 0 Å². The number of nitrogen functional groups attached to an aromatic ring is 1. The number of benzene rings is 1. The lowest BCUT2D eigenvalue weighted by atomic mass is 9.89. The van der Waals surface area contributed by atoms with Crippen LogP contribution in [0.25, 0.3) is 0 Å². The molecule has 0 saturated heterocycles. The number of halogens is 2. The summed E-state index contributed by atoms with van der Waals surface area (Å²) in [5, 5.41) is 3.15. The summed E-state index contributed by atoms with van der Waals surface area (Å²) in [5.74, 6) is 0.110. The quantitative estimate of drug-likeness (QED) is 0.800. The molecular formula is C15H24Cl2N2O3. The Morgan fingerprint density at radius 2 is 1.95 bits per heavy atom. The topological polar surface area (TPSA) is 73.6 Å². The lowest BCUT2D eigenvalue weighted by molar-refractivity contribution is 0.0175. The highest BCUT2D eigenvalue weighted by atomic mass is 35.5. The van der Waals surface area contributed by atoms with Gasteiger partial charge in [-0.1, -0.05) is 32.4 Å². The van der Waals surface area contributed by atoms with E-state index in [1.165, 1.54) is 19.2 Å². The van der Waals surface area contributed by atoms with Crippen LogP contribution in [0.15, 0.2) is 12.1 Å². The molecule has 5 nitrogen and oxygen atoms in total. The van der Waals surface area contributed by atoms with Crippen molar-refractivity contribution in [1.82, 2.24) is 5.32 Å². The predicted octanol–water partition coefficient (Wildman–Crippen LogP) is 3.14. The molecule has 0 heterocycles. The third kappa shape index (κ3) is 5.23. The maximum absolute atomic E-state index is 12.3. The average molecular weight is 351 g/mol. The van der Waals surface area contributed by atoms with Crippen molar-refractivity contribution in [2.24, 2.45) is 5.41 Å². The van der Waals surface area contributed by atoms with Gasteiger partial charge in [0.05, 0.1) is 29.5 Å². The van der Waals surface area contributed by atoms with Crippen LogP contribution in [0.4, 0.5) is 5.69 Å². The Hall–Kier alpha value is -1.17. The molecule has 0 spiro atoms. The van der Waals surface area contributed by atoms with E-state index in [4.69, 9.17) is 26.8 Å². The third-order valence-electron chi connectivity index (χ3n) is 3.26. The SMILES string of the molecule is COc1cc(N)c(Cl)cc1C(=O)NCC(OC)C(C)(C)C.Cl. The maximum atomic E-state index is 12.3. The first-order chi connectivity index (χ1) is 9.70. The molecule has 1 aromatic rings. The second-order valence-corrected chi connectivity index (χ2v) is 6.28. The third-order valence-corrected chi connectivity index (χ3v) is 3.59. The van der Waals surface area contributed by atoms with Crippen LogP contribution in [0.2, 0.25) is 5.02 Å². The zero-order chi connectivity index (χ0) is 16.2. The summed E-state index contributed by atoms with van der Waals surface area (Å²) >= 11 is 5.96. The first-order valence-electron chi connectivity index (χ1n) is 6.64. The lowest BCUT2D eigenvalue weighted by Crippen LogP contribution is -2.40. The Kier molecular flexibility index (Phi) is 8.01. The molecule has 126 valence electrons. The molecule has 22 heavy (non-hydrogen) atoms. The number of nitrogens with one attached hydrogen (secondary N) is 1. The Morgan fingerprint density at radius 3 is 2.41 bits per heavy atom. The summed E-state index contributed by atoms with van der Waals surface area (Å²) in [7, 11) is 3.11. The Balaban J connectivity index is 0.00000441. The van der Waals surface area contributed by atoms with E-state index < -0.39 is 0 Å². The molecule has 0 bridgehead atoms. The number of hydrogen-bond acceptors (Lipinski definition) is 4. The molecule has 0 radical (unpaired) electrons. The number of carbonyl (C=O) groups is 1. The van der Waals surface area contributed by atoms with Crippen molar-refractivity contribution in [3.05, 3.63) is 22.7 Å². The first-order valence-corrected chi connectivity index (χ1v) is 7.02. The van der Waals surface area contributed by atoms with Crippen LogP contribution in [0.3, 0.4) is 0 Å². The molecule has 0 aromatic heterocycles. The van der Waals surface area contributed by atoms with Crippen LogP contribution in [-0.2, 0) is 4.74 Å². The highest BCUT2D eigenvalue weighted by molar-refractivity contribution is 6.33. The second-order valence-electron chi connectivity index (χ2n) is 5.87. The molecule has 0 fully saturated rings. The van der Waals surface area contributed by atoms with Gasteiger partial charge in [0.25, 0.3) is 5.91 Å². The highest BCUT2D eigenvalue weighted by Gasteiger charge is 2.25. The van der Waals surface area contributed by atoms with Crippen LogP contribution in [0.5, 0.6) is 5.75 Å². The summed E-state index contributed by atoms with van der Waals surface area (Å²) in [5.41, 5.74) is 6.34. The Morgan fingerprint density at radius 1 is 1.36 bits per heavy atom. The molecule has 1 atom stereocenters. The zero-order valence-electron chi connectivity index (χ0n) is 13.5. The van der Waals surface area contributed by atoms with E-state index in [0.29, 0.717) is 28.6 Å². The van der Waals surface area contributed by atoms with Crippen molar-refractivity contribution in [1.29, 1.82) is 0 Å². The molecular weight excluding hydrogens is 327 g/mol. The molecule has 1 amide bonds. The van der Waals surface area contributed by atoms with Crippen LogP contribution in [0.1, 0.15) is 31.1 Å². The summed E-state index contributed by atoms with van der Waals surface area (Å²) in [4.78, 5) is 12.3. The fraction of sp³-hybridized carbons (Fsp3) is 0.533. The smallest absolute Gasteiger partial charge is 0.255 e. The van der Waals surface area contributed by atoms with Gasteiger partial charge in [0.1, 0.15) is 5.75 Å². The lowest BCUT2D eigenvalue weighted by Gasteiger charge is -2.29. The molecule has 0 aliphatic heterocycles. The van der Waals surface area contributed by atoms with E-state index in [0.717, 1.165) is 0 Å². The zero-order valence-corrected chi connectivity index (χ0v) is 15.1. The summed E-state index contributed by atoms with van der Waals surface area (Å²) in [6, 6.07) is 3.04. The van der Waals surface area contributed by atoms with Gasteiger partial charge in [-0.2, -0.15) is 0 Å². The number of methoxy groups -OCH3 is 2. The van der Waals surface area contributed by atoms with E-state index in [1.54, 1.807) is 7.11 Å². The molecule has 1 aromatic carbocycles. The molecule has 1 rings (SSSR count). The van der Waals surface area contributed by atoms with Crippen LogP contribution in [0, 0.1) is 5.41 Å². The minimum absolute atomic E-state index is 0. The summed E-state index contributed by atoms with van der Waals surface area (Å²) < 4.78 is 10.6. The van der Waals surface area contributed by atoms with Gasteiger partial charge in [0.2, 0.25) is 0 Å². The van der Waals surface area contributed by atoms with Crippen LogP contribution in [-0.4, -0.2) is 32.8 Å². The first kappa shape index (κ1) is 20.8. The number of ether oxygens (including phenoxy) is 2. The van der Waals surface area contributed by atoms with Gasteiger partial charge in [-0.15, -0.1) is 12.4 Å². The summed E-state index contributed by atoms with van der Waals surface area (Å²) in [6.07, 6.45) is -0.100. The minimum Gasteiger partial charge on any atom is -0.496 e. The Labute approximate surface area is 142 Å². The summed E-state index contributed by atoms with van der Waals surface area (Å²) in [6.45, 7) is 6.54. The van der Waals surface area contributed by atoms with Crippen LogP contribution < -0.4 is 15.8 Å². The van der Waals surface area contributed by atoms with E-state index in [-0.39, 0.29) is 29.8 Å². The molecule has 0 aliphatic carbocycles. The monoisotopic (exact) mass is 350 g/mol. The molecule has 7 heteroatoms. The Bertz CT molecular complexity index is 516. The average Bonchev–Trinajstić information content (AvgIpc) is 2.40. The highest BCUT2D eigenvalue weighted by Crippen LogP contribution is 2.29. The number of carbonyl (C=O) groups excluding carboxylic acids is 1. The number of rotatable bonds is 5. The van der Waals surface area contributed by atoms with Crippen molar-refractivity contribution < 1.29 is 14.3 Å². The molecule has 1 unspecified atom stereocenters. The van der Waals surface area contributed by atoms with E-state index in [1.807, 2.05) is 20.8 Å². The van der Waals surface area contributed by atoms with E-state index in [9.17, 15) is 4.79 Å². The van der Waals surface area contributed by atoms with Crippen LogP contribution >= 0.6 is 24.0 Å². The van der Waals surface area contributed by atoms with Gasteiger partial charge in [-0.25, -0.2) is 0 Å². The van der Waals surface area contributed by atoms with Gasteiger partial charge < -0.3 is 20.5 Å². The number of amides is 1. The van der Waals surface area contributed by atoms with Crippen molar-refractivity contribution in [3.8, 4) is 5.75 Å². The fourth-order valence-corrected chi connectivity index (χ4v) is 2.10. The van der Waals surface area contributed by atoms with Crippen molar-refractivity contribution >= 4 is 35.6 Å². The molecule has 3 N–H and O–H groups in total. The predicted molar refractivity (Wildman–Crippen MR) is 92.2 cm³/mol. The minimum atomic E-state index is -0.278. The van der Waals surface area contributed by atoms with Crippen molar-refractivity contribution in [2.75, 3.05) is 26.5 Å². The van der Waals surface area contributed by atoms with Gasteiger partial charge in [0, 0.05) is 19.7 Å². The fourth-order valence-electron chi connectivity index (χ4n) is 1.94. The van der Waals surface area contributed by atoms with E-state index >= 15 is 0 Å². The molecule has 0 aliphatic rings. The van der Waals surface area contributed by atoms with Gasteiger partial charge >= 0.3 is 0 Å². The molecule has 0 saturated carbocycles. The number of anilines is 1. The normalized spacial score (nSPS) is 12.3. The standard InChI is InChI=1S/C15H23ClN2O3.ClH/c1-15(2,3)13(21-5)8-18-14(19)9-6-10(16)11(17)7-12(9)20-4;/h6-7,13H,8,17H2,1-5H3,(H,18,19);1H. The number of hydrogen-bond donors (Lipinski definition) is 2. The van der Waals surface area contributed by atoms with Gasteiger partial charge in [-0.3, -0.25) is 4.79 Å². The van der Waals surface area contributed by atoms with E-state index in [2.05, 4.69) is 5.32 Å². The maximum Gasteiger partial charge on any atom is 0.255 e. The van der Waals surface area contributed by atoms with Gasteiger partial charge in [0.15, 0.2) is 0 Å². The second kappa shape index (κ2) is 8.46. The van der Waals surface area contributed by atoms with Gasteiger partial charge in [-0.05, 0) is 11.5 Å². The number of nitrogens with two attached hydrogens (primary N) is 1. The largest absolute Gasteiger partial charge is 0.496 e. The van der Waals surface area contributed by atoms with Crippen molar-refractivity contribution in [2.45, 2.75) is 26.9 Å².